The summed E-state index contributed by atoms with van der Waals surface area (Å²) in [4.78, 5) is 0. The Morgan fingerprint density at radius 1 is 1.15 bits per heavy atom. The molecule has 0 saturated carbocycles. The molecule has 20 heavy (non-hydrogen) atoms. The molecule has 0 atom stereocenters. The third kappa shape index (κ3) is 3.95. The predicted molar refractivity (Wildman–Crippen MR) is 91.7 cm³/mol. The average Bonchev–Trinajstić information content (AvgIpc) is 2.38. The number of anilines is 2. The van der Waals surface area contributed by atoms with Gasteiger partial charge in [-0.05, 0) is 55.0 Å². The molecule has 2 rings (SSSR count). The van der Waals surface area contributed by atoms with E-state index in [9.17, 15) is 0 Å². The fraction of sp³-hybridized carbons (Fsp3) is 0.133. The SMILES string of the molecule is COc1ccc(Br)cc1NC(=S)Nc1cccc(C)c1. The van der Waals surface area contributed by atoms with Crippen molar-refractivity contribution in [1.82, 2.24) is 0 Å². The summed E-state index contributed by atoms with van der Waals surface area (Å²) in [6.45, 7) is 2.04. The zero-order valence-corrected chi connectivity index (χ0v) is 13.6. The van der Waals surface area contributed by atoms with Crippen LogP contribution in [0.1, 0.15) is 5.56 Å². The van der Waals surface area contributed by atoms with Crippen LogP contribution >= 0.6 is 28.1 Å². The largest absolute Gasteiger partial charge is 0.495 e. The molecule has 0 saturated heterocycles. The van der Waals surface area contributed by atoms with Crippen LogP contribution in [0, 0.1) is 6.92 Å². The topological polar surface area (TPSA) is 33.3 Å². The first-order valence-electron chi connectivity index (χ1n) is 6.06. The van der Waals surface area contributed by atoms with E-state index in [-0.39, 0.29) is 0 Å². The molecule has 5 heteroatoms. The van der Waals surface area contributed by atoms with E-state index in [0.717, 1.165) is 21.6 Å². The van der Waals surface area contributed by atoms with E-state index >= 15 is 0 Å². The molecule has 0 unspecified atom stereocenters. The maximum atomic E-state index is 5.32. The number of thiocarbonyl (C=S) groups is 1. The Kier molecular flexibility index (Phi) is 4.98. The summed E-state index contributed by atoms with van der Waals surface area (Å²) in [5.74, 6) is 0.738. The molecular formula is C15H15BrN2OS. The van der Waals surface area contributed by atoms with Crippen LogP contribution in [0.15, 0.2) is 46.9 Å². The minimum atomic E-state index is 0.520. The van der Waals surface area contributed by atoms with Crippen molar-refractivity contribution in [1.29, 1.82) is 0 Å². The fourth-order valence-corrected chi connectivity index (χ4v) is 2.37. The Balaban J connectivity index is 2.10. The molecule has 0 spiro atoms. The number of hydrogen-bond acceptors (Lipinski definition) is 2. The van der Waals surface area contributed by atoms with Crippen molar-refractivity contribution in [2.45, 2.75) is 6.92 Å². The average molecular weight is 351 g/mol. The lowest BCUT2D eigenvalue weighted by molar-refractivity contribution is 0.417. The van der Waals surface area contributed by atoms with Gasteiger partial charge in [0.25, 0.3) is 0 Å². The smallest absolute Gasteiger partial charge is 0.175 e. The van der Waals surface area contributed by atoms with Gasteiger partial charge in [0, 0.05) is 10.2 Å². The lowest BCUT2D eigenvalue weighted by atomic mass is 10.2. The van der Waals surface area contributed by atoms with Crippen molar-refractivity contribution < 1.29 is 4.74 Å². The van der Waals surface area contributed by atoms with E-state index in [2.05, 4.69) is 26.6 Å². The highest BCUT2D eigenvalue weighted by Gasteiger charge is 2.06. The standard InChI is InChI=1S/C15H15BrN2OS/c1-10-4-3-5-12(8-10)17-15(20)18-13-9-11(16)6-7-14(13)19-2/h3-9H,1-2H3,(H2,17,18,20). The number of hydrogen-bond donors (Lipinski definition) is 2. The highest BCUT2D eigenvalue weighted by Crippen LogP contribution is 2.28. The highest BCUT2D eigenvalue weighted by atomic mass is 79.9. The third-order valence-corrected chi connectivity index (χ3v) is 3.38. The van der Waals surface area contributed by atoms with Crippen molar-refractivity contribution in [3.8, 4) is 5.75 Å². The molecule has 2 aromatic carbocycles. The van der Waals surface area contributed by atoms with Gasteiger partial charge in [0.1, 0.15) is 5.75 Å². The number of methoxy groups -OCH3 is 1. The molecule has 0 radical (unpaired) electrons. The second kappa shape index (κ2) is 6.72. The molecule has 104 valence electrons. The summed E-state index contributed by atoms with van der Waals surface area (Å²) in [5.41, 5.74) is 2.95. The minimum Gasteiger partial charge on any atom is -0.495 e. The zero-order chi connectivity index (χ0) is 14.5. The van der Waals surface area contributed by atoms with Gasteiger partial charge >= 0.3 is 0 Å². The van der Waals surface area contributed by atoms with Crippen molar-refractivity contribution in [2.75, 3.05) is 17.7 Å². The Morgan fingerprint density at radius 2 is 1.95 bits per heavy atom. The summed E-state index contributed by atoms with van der Waals surface area (Å²) >= 11 is 8.75. The van der Waals surface area contributed by atoms with Gasteiger partial charge < -0.3 is 15.4 Å². The first-order chi connectivity index (χ1) is 9.58. The summed E-state index contributed by atoms with van der Waals surface area (Å²) in [6, 6.07) is 13.7. The van der Waals surface area contributed by atoms with E-state index in [0.29, 0.717) is 5.11 Å². The fourth-order valence-electron chi connectivity index (χ4n) is 1.79. The first-order valence-corrected chi connectivity index (χ1v) is 7.27. The van der Waals surface area contributed by atoms with Crippen LogP contribution in [-0.4, -0.2) is 12.2 Å². The van der Waals surface area contributed by atoms with Gasteiger partial charge in [-0.15, -0.1) is 0 Å². The van der Waals surface area contributed by atoms with Gasteiger partial charge in [-0.2, -0.15) is 0 Å². The summed E-state index contributed by atoms with van der Waals surface area (Å²) in [5, 5.41) is 6.81. The molecule has 2 aromatic rings. The van der Waals surface area contributed by atoms with Crippen LogP contribution in [0.2, 0.25) is 0 Å². The number of halogens is 1. The quantitative estimate of drug-likeness (QED) is 0.794. The Hall–Kier alpha value is -1.59. The maximum Gasteiger partial charge on any atom is 0.175 e. The molecule has 3 nitrogen and oxygen atoms in total. The molecule has 0 bridgehead atoms. The van der Waals surface area contributed by atoms with Gasteiger partial charge in [0.05, 0.1) is 12.8 Å². The molecule has 0 aliphatic carbocycles. The highest BCUT2D eigenvalue weighted by molar-refractivity contribution is 9.10. The molecule has 0 amide bonds. The van der Waals surface area contributed by atoms with Crippen LogP contribution in [-0.2, 0) is 0 Å². The first kappa shape index (κ1) is 14.8. The summed E-state index contributed by atoms with van der Waals surface area (Å²) in [6.07, 6.45) is 0. The molecule has 0 aliphatic rings. The monoisotopic (exact) mass is 350 g/mol. The van der Waals surface area contributed by atoms with Gasteiger partial charge in [0.2, 0.25) is 0 Å². The van der Waals surface area contributed by atoms with E-state index in [4.69, 9.17) is 17.0 Å². The lowest BCUT2D eigenvalue weighted by Gasteiger charge is -2.14. The van der Waals surface area contributed by atoms with Gasteiger partial charge in [-0.1, -0.05) is 28.1 Å². The molecule has 0 aromatic heterocycles. The van der Waals surface area contributed by atoms with Crippen LogP contribution in [0.5, 0.6) is 5.75 Å². The van der Waals surface area contributed by atoms with Gasteiger partial charge in [-0.25, -0.2) is 0 Å². The lowest BCUT2D eigenvalue weighted by Crippen LogP contribution is -2.19. The number of nitrogens with one attached hydrogen (secondary N) is 2. The van der Waals surface area contributed by atoms with Gasteiger partial charge in [-0.3, -0.25) is 0 Å². The van der Waals surface area contributed by atoms with Crippen molar-refractivity contribution >= 4 is 44.6 Å². The van der Waals surface area contributed by atoms with E-state index < -0.39 is 0 Å². The Morgan fingerprint density at radius 3 is 2.65 bits per heavy atom. The van der Waals surface area contributed by atoms with E-state index in [1.165, 1.54) is 5.56 Å². The Bertz CT molecular complexity index is 631. The maximum absolute atomic E-state index is 5.32. The van der Waals surface area contributed by atoms with Gasteiger partial charge in [0.15, 0.2) is 5.11 Å². The Labute approximate surface area is 132 Å². The number of benzene rings is 2. The van der Waals surface area contributed by atoms with Crippen LogP contribution in [0.4, 0.5) is 11.4 Å². The normalized spacial score (nSPS) is 9.95. The second-order valence-electron chi connectivity index (χ2n) is 4.29. The van der Waals surface area contributed by atoms with Crippen molar-refractivity contribution in [3.63, 3.8) is 0 Å². The molecule has 2 N–H and O–H groups in total. The molecular weight excluding hydrogens is 336 g/mol. The number of rotatable bonds is 3. The second-order valence-corrected chi connectivity index (χ2v) is 5.62. The van der Waals surface area contributed by atoms with E-state index in [1.807, 2.05) is 49.4 Å². The number of ether oxygens (including phenoxy) is 1. The van der Waals surface area contributed by atoms with Crippen molar-refractivity contribution in [2.24, 2.45) is 0 Å². The van der Waals surface area contributed by atoms with Crippen LogP contribution < -0.4 is 15.4 Å². The van der Waals surface area contributed by atoms with Crippen molar-refractivity contribution in [3.05, 3.63) is 52.5 Å². The molecule has 0 aliphatic heterocycles. The summed E-state index contributed by atoms with van der Waals surface area (Å²) in [7, 11) is 1.63. The predicted octanol–water partition coefficient (Wildman–Crippen LogP) is 4.58. The molecule has 0 fully saturated rings. The summed E-state index contributed by atoms with van der Waals surface area (Å²) < 4.78 is 6.26. The molecule has 0 heterocycles. The number of aryl methyl sites for hydroxylation is 1. The van der Waals surface area contributed by atoms with Crippen LogP contribution in [0.25, 0.3) is 0 Å². The zero-order valence-electron chi connectivity index (χ0n) is 11.2. The third-order valence-electron chi connectivity index (χ3n) is 2.69. The van der Waals surface area contributed by atoms with E-state index in [1.54, 1.807) is 7.11 Å². The minimum absolute atomic E-state index is 0.520. The van der Waals surface area contributed by atoms with Crippen LogP contribution in [0.3, 0.4) is 0 Å².